The highest BCUT2D eigenvalue weighted by atomic mass is 16.4. The zero-order valence-corrected chi connectivity index (χ0v) is 16.7. The van der Waals surface area contributed by atoms with Crippen molar-refractivity contribution >= 4 is 23.6 Å². The quantitative estimate of drug-likeness (QED) is 0.433. The highest BCUT2D eigenvalue weighted by molar-refractivity contribution is 5.94. The molecule has 154 valence electrons. The van der Waals surface area contributed by atoms with Gasteiger partial charge in [0.05, 0.1) is 0 Å². The smallest absolute Gasteiger partial charge is 0.300 e. The van der Waals surface area contributed by atoms with Gasteiger partial charge in [-0.1, -0.05) is 38.1 Å². The van der Waals surface area contributed by atoms with Gasteiger partial charge in [0.15, 0.2) is 0 Å². The van der Waals surface area contributed by atoms with Crippen LogP contribution in [-0.4, -0.2) is 46.2 Å². The van der Waals surface area contributed by atoms with Crippen LogP contribution in [0.15, 0.2) is 24.3 Å². The molecule has 1 saturated heterocycles. The van der Waals surface area contributed by atoms with E-state index in [-0.39, 0.29) is 23.7 Å². The van der Waals surface area contributed by atoms with Crippen molar-refractivity contribution in [1.82, 2.24) is 10.2 Å². The second-order valence-corrected chi connectivity index (χ2v) is 7.19. The summed E-state index contributed by atoms with van der Waals surface area (Å²) in [6, 6.07) is 6.85. The maximum absolute atomic E-state index is 12.4. The fraction of sp³-hybridized carbons (Fsp3) is 0.500. The van der Waals surface area contributed by atoms with Gasteiger partial charge < -0.3 is 21.1 Å². The van der Waals surface area contributed by atoms with Gasteiger partial charge in [0.2, 0.25) is 11.8 Å². The number of nitrogen functional groups attached to an aromatic ring is 1. The van der Waals surface area contributed by atoms with Gasteiger partial charge in [-0.25, -0.2) is 0 Å². The topological polar surface area (TPSA) is 137 Å². The second kappa shape index (κ2) is 11.1. The lowest BCUT2D eigenvalue weighted by atomic mass is 10.1. The maximum atomic E-state index is 12.4. The van der Waals surface area contributed by atoms with Crippen molar-refractivity contribution in [1.29, 1.82) is 5.41 Å². The average Bonchev–Trinajstić information content (AvgIpc) is 3.09. The van der Waals surface area contributed by atoms with Gasteiger partial charge in [-0.15, -0.1) is 0 Å². The van der Waals surface area contributed by atoms with E-state index in [9.17, 15) is 9.59 Å². The Labute approximate surface area is 165 Å². The fourth-order valence-corrected chi connectivity index (χ4v) is 2.91. The molecule has 0 spiro atoms. The number of nitrogens with zero attached hydrogens (tertiary/aromatic N) is 1. The van der Waals surface area contributed by atoms with Crippen molar-refractivity contribution in [2.24, 2.45) is 11.7 Å². The summed E-state index contributed by atoms with van der Waals surface area (Å²) in [5.74, 6) is -0.550. The molecule has 2 rings (SSSR count). The number of carboxylic acids is 1. The molecule has 8 heteroatoms. The number of hydrogen-bond acceptors (Lipinski definition) is 4. The minimum atomic E-state index is -0.833. The summed E-state index contributed by atoms with van der Waals surface area (Å²) in [5, 5.41) is 17.7. The van der Waals surface area contributed by atoms with Crippen LogP contribution in [0.4, 0.5) is 0 Å². The lowest BCUT2D eigenvalue weighted by Crippen LogP contribution is -2.46. The molecule has 0 saturated carbocycles. The number of benzene rings is 1. The molecular formula is C20H30N4O4. The van der Waals surface area contributed by atoms with Crippen LogP contribution < -0.4 is 11.1 Å². The zero-order valence-electron chi connectivity index (χ0n) is 16.7. The van der Waals surface area contributed by atoms with Crippen molar-refractivity contribution in [3.63, 3.8) is 0 Å². The molecule has 0 aromatic heterocycles. The summed E-state index contributed by atoms with van der Waals surface area (Å²) >= 11 is 0. The number of aliphatic carboxylic acids is 1. The number of rotatable bonds is 6. The maximum Gasteiger partial charge on any atom is 0.300 e. The van der Waals surface area contributed by atoms with E-state index in [1.807, 2.05) is 26.0 Å². The van der Waals surface area contributed by atoms with Gasteiger partial charge in [-0.2, -0.15) is 0 Å². The largest absolute Gasteiger partial charge is 0.481 e. The van der Waals surface area contributed by atoms with Gasteiger partial charge in [-0.3, -0.25) is 19.8 Å². The van der Waals surface area contributed by atoms with Crippen LogP contribution in [0.3, 0.4) is 0 Å². The molecule has 0 radical (unpaired) electrons. The Bertz CT molecular complexity index is 697. The second-order valence-electron chi connectivity index (χ2n) is 7.19. The van der Waals surface area contributed by atoms with Crippen molar-refractivity contribution < 1.29 is 19.5 Å². The SMILES string of the molecule is CC(=O)O.CC(C)CC(=O)N1CCC[C@H]1C(=O)NCc1ccc(C(=N)N)cc1. The molecule has 0 bridgehead atoms. The molecule has 1 heterocycles. The highest BCUT2D eigenvalue weighted by Crippen LogP contribution is 2.20. The minimum Gasteiger partial charge on any atom is -0.481 e. The van der Waals surface area contributed by atoms with Crippen LogP contribution >= 0.6 is 0 Å². The molecule has 2 amide bonds. The molecule has 1 aliphatic heterocycles. The van der Waals surface area contributed by atoms with Gasteiger partial charge >= 0.3 is 0 Å². The van der Waals surface area contributed by atoms with E-state index in [0.717, 1.165) is 25.3 Å². The van der Waals surface area contributed by atoms with Crippen LogP contribution in [0.5, 0.6) is 0 Å². The zero-order chi connectivity index (χ0) is 21.3. The molecule has 0 aliphatic carbocycles. The Kier molecular flexibility index (Phi) is 9.14. The third-order valence-corrected chi connectivity index (χ3v) is 4.19. The lowest BCUT2D eigenvalue weighted by Gasteiger charge is -2.24. The summed E-state index contributed by atoms with van der Waals surface area (Å²) in [7, 11) is 0. The van der Waals surface area contributed by atoms with E-state index < -0.39 is 5.97 Å². The van der Waals surface area contributed by atoms with Crippen LogP contribution in [0.1, 0.15) is 51.2 Å². The Morgan fingerprint density at radius 1 is 1.29 bits per heavy atom. The molecule has 1 aromatic carbocycles. The highest BCUT2D eigenvalue weighted by Gasteiger charge is 2.33. The van der Waals surface area contributed by atoms with Crippen LogP contribution in [-0.2, 0) is 20.9 Å². The van der Waals surface area contributed by atoms with E-state index in [0.29, 0.717) is 31.0 Å². The first kappa shape index (κ1) is 23.1. The molecule has 28 heavy (non-hydrogen) atoms. The normalized spacial score (nSPS) is 15.6. The summed E-state index contributed by atoms with van der Waals surface area (Å²) in [6.45, 7) is 6.16. The summed E-state index contributed by atoms with van der Waals surface area (Å²) in [4.78, 5) is 35.4. The van der Waals surface area contributed by atoms with E-state index in [1.165, 1.54) is 0 Å². The third kappa shape index (κ3) is 7.77. The number of amides is 2. The van der Waals surface area contributed by atoms with E-state index in [1.54, 1.807) is 17.0 Å². The Morgan fingerprint density at radius 2 is 1.86 bits per heavy atom. The number of carbonyl (C=O) groups excluding carboxylic acids is 2. The number of amidine groups is 1. The average molecular weight is 390 g/mol. The predicted molar refractivity (Wildman–Crippen MR) is 107 cm³/mol. The Balaban J connectivity index is 0.000000892. The van der Waals surface area contributed by atoms with Crippen molar-refractivity contribution in [3.05, 3.63) is 35.4 Å². The number of hydrogen-bond donors (Lipinski definition) is 4. The van der Waals surface area contributed by atoms with Crippen LogP contribution in [0.25, 0.3) is 0 Å². The summed E-state index contributed by atoms with van der Waals surface area (Å²) in [6.07, 6.45) is 2.07. The summed E-state index contributed by atoms with van der Waals surface area (Å²) < 4.78 is 0. The molecule has 1 atom stereocenters. The molecule has 1 aromatic rings. The number of likely N-dealkylation sites (tertiary alicyclic amines) is 1. The number of nitrogens with one attached hydrogen (secondary N) is 2. The van der Waals surface area contributed by atoms with Crippen LogP contribution in [0, 0.1) is 11.3 Å². The predicted octanol–water partition coefficient (Wildman–Crippen LogP) is 1.71. The number of carboxylic acid groups (broad SMARTS) is 1. The first-order valence-electron chi connectivity index (χ1n) is 9.31. The third-order valence-electron chi connectivity index (χ3n) is 4.19. The number of nitrogens with two attached hydrogens (primary N) is 1. The monoisotopic (exact) mass is 390 g/mol. The molecular weight excluding hydrogens is 360 g/mol. The van der Waals surface area contributed by atoms with Gasteiger partial charge in [-0.05, 0) is 24.3 Å². The minimum absolute atomic E-state index is 0.0239. The first-order chi connectivity index (χ1) is 13.1. The Morgan fingerprint density at radius 3 is 2.36 bits per heavy atom. The van der Waals surface area contributed by atoms with Gasteiger partial charge in [0.1, 0.15) is 11.9 Å². The first-order valence-corrected chi connectivity index (χ1v) is 9.31. The van der Waals surface area contributed by atoms with Crippen molar-refractivity contribution in [2.75, 3.05) is 6.54 Å². The molecule has 5 N–H and O–H groups in total. The Hall–Kier alpha value is -2.90. The molecule has 1 fully saturated rings. The lowest BCUT2D eigenvalue weighted by molar-refractivity contribution is -0.139. The van der Waals surface area contributed by atoms with E-state index in [4.69, 9.17) is 21.0 Å². The molecule has 0 unspecified atom stereocenters. The fourth-order valence-electron chi connectivity index (χ4n) is 2.91. The standard InChI is InChI=1S/C18H26N4O2.C2H4O2/c1-12(2)10-16(23)22-9-3-4-15(22)18(24)21-11-13-5-7-14(8-6-13)17(19)20;1-2(3)4/h5-8,12,15H,3-4,9-11H2,1-2H3,(H3,19,20)(H,21,24);1H3,(H,3,4)/t15-;/m0./s1. The van der Waals surface area contributed by atoms with Crippen LogP contribution in [0.2, 0.25) is 0 Å². The molecule has 1 aliphatic rings. The van der Waals surface area contributed by atoms with Gasteiger partial charge in [0.25, 0.3) is 5.97 Å². The molecule has 8 nitrogen and oxygen atoms in total. The van der Waals surface area contributed by atoms with E-state index in [2.05, 4.69) is 5.32 Å². The van der Waals surface area contributed by atoms with Crippen molar-refractivity contribution in [2.45, 2.75) is 52.6 Å². The van der Waals surface area contributed by atoms with Crippen molar-refractivity contribution in [3.8, 4) is 0 Å². The van der Waals surface area contributed by atoms with Gasteiger partial charge in [0, 0.05) is 32.0 Å². The van der Waals surface area contributed by atoms with E-state index >= 15 is 0 Å². The summed E-state index contributed by atoms with van der Waals surface area (Å²) in [5.41, 5.74) is 7.02. The number of carbonyl (C=O) groups is 3.